The molecule has 0 amide bonds. The molecule has 0 saturated heterocycles. The first kappa shape index (κ1) is 10.2. The van der Waals surface area contributed by atoms with Crippen molar-refractivity contribution in [2.45, 2.75) is 38.0 Å². The van der Waals surface area contributed by atoms with Crippen molar-refractivity contribution in [2.75, 3.05) is 0 Å². The fourth-order valence-corrected chi connectivity index (χ4v) is 3.21. The first-order valence-corrected chi connectivity index (χ1v) is 5.83. The molecule has 2 aliphatic rings. The minimum atomic E-state index is -0.520. The van der Waals surface area contributed by atoms with Crippen LogP contribution in [-0.4, -0.2) is 10.7 Å². The van der Waals surface area contributed by atoms with Gasteiger partial charge in [0, 0.05) is 11.8 Å². The molecule has 0 aromatic carbocycles. The second-order valence-corrected chi connectivity index (χ2v) is 5.63. The highest BCUT2D eigenvalue weighted by atomic mass is 35.5. The van der Waals surface area contributed by atoms with Gasteiger partial charge in [-0.15, -0.1) is 11.6 Å². The Labute approximate surface area is 90.5 Å². The zero-order valence-electron chi connectivity index (χ0n) is 8.79. The highest BCUT2D eigenvalue weighted by Gasteiger charge is 2.59. The molecule has 78 valence electrons. The zero-order chi connectivity index (χ0) is 10.3. The topological polar surface area (TPSA) is 17.1 Å². The molecule has 0 heterocycles. The summed E-state index contributed by atoms with van der Waals surface area (Å²) >= 11 is 6.34. The summed E-state index contributed by atoms with van der Waals surface area (Å²) < 4.78 is 0. The maximum atomic E-state index is 11.9. The molecular formula is C12H17ClO. The van der Waals surface area contributed by atoms with Crippen LogP contribution in [0.4, 0.5) is 0 Å². The molecule has 1 nitrogen and oxygen atoms in total. The van der Waals surface area contributed by atoms with Gasteiger partial charge in [0.05, 0.1) is 0 Å². The van der Waals surface area contributed by atoms with E-state index in [0.717, 1.165) is 19.3 Å². The molecule has 0 aromatic rings. The zero-order valence-corrected chi connectivity index (χ0v) is 9.55. The Hall–Kier alpha value is -0.300. The quantitative estimate of drug-likeness (QED) is 0.508. The Bertz CT molecular complexity index is 282. The predicted octanol–water partition coefficient (Wildman–Crippen LogP) is 3.18. The second-order valence-electron chi connectivity index (χ2n) is 4.96. The summed E-state index contributed by atoms with van der Waals surface area (Å²) in [6.45, 7) is 4.32. The number of allylic oxidation sites excluding steroid dienone is 2. The van der Waals surface area contributed by atoms with Gasteiger partial charge in [0.1, 0.15) is 4.87 Å². The summed E-state index contributed by atoms with van der Waals surface area (Å²) in [5.74, 6) is 1.39. The van der Waals surface area contributed by atoms with E-state index >= 15 is 0 Å². The van der Waals surface area contributed by atoms with Gasteiger partial charge in [-0.25, -0.2) is 0 Å². The van der Waals surface area contributed by atoms with Crippen LogP contribution < -0.4 is 0 Å². The number of carbonyl (C=O) groups is 1. The van der Waals surface area contributed by atoms with Crippen LogP contribution in [0.3, 0.4) is 0 Å². The minimum absolute atomic E-state index is 0.198. The summed E-state index contributed by atoms with van der Waals surface area (Å²) in [7, 11) is 0. The van der Waals surface area contributed by atoms with Crippen molar-refractivity contribution in [3.8, 4) is 0 Å². The lowest BCUT2D eigenvalue weighted by Crippen LogP contribution is -2.60. The smallest absolute Gasteiger partial charge is 0.158 e. The van der Waals surface area contributed by atoms with E-state index in [1.807, 2.05) is 0 Å². The summed E-state index contributed by atoms with van der Waals surface area (Å²) in [6.07, 6.45) is 7.11. The number of ketones is 1. The normalized spacial score (nSPS) is 41.0. The van der Waals surface area contributed by atoms with Crippen molar-refractivity contribution in [2.24, 2.45) is 17.8 Å². The van der Waals surface area contributed by atoms with Crippen LogP contribution in [0.15, 0.2) is 12.2 Å². The average Bonchev–Trinajstić information content (AvgIpc) is 2.14. The Morgan fingerprint density at radius 2 is 2.36 bits per heavy atom. The lowest BCUT2D eigenvalue weighted by atomic mass is 9.57. The number of Topliss-reactive ketones (excluding diaryl/α,β-unsaturated/α-hetero) is 1. The third kappa shape index (κ3) is 1.33. The summed E-state index contributed by atoms with van der Waals surface area (Å²) in [5.41, 5.74) is 0. The molecule has 0 aromatic heterocycles. The fraction of sp³-hybridized carbons (Fsp3) is 0.750. The minimum Gasteiger partial charge on any atom is -0.297 e. The molecule has 3 unspecified atom stereocenters. The highest BCUT2D eigenvalue weighted by molar-refractivity contribution is 6.38. The molecule has 0 aliphatic heterocycles. The van der Waals surface area contributed by atoms with Crippen molar-refractivity contribution in [3.63, 3.8) is 0 Å². The lowest BCUT2D eigenvalue weighted by Gasteiger charge is -2.50. The van der Waals surface area contributed by atoms with Crippen LogP contribution in [0.1, 0.15) is 33.1 Å². The molecule has 14 heavy (non-hydrogen) atoms. The van der Waals surface area contributed by atoms with Crippen LogP contribution in [0.25, 0.3) is 0 Å². The number of hydrogen-bond acceptors (Lipinski definition) is 1. The molecule has 2 heteroatoms. The second kappa shape index (κ2) is 3.37. The molecule has 0 N–H and O–H groups in total. The highest BCUT2D eigenvalue weighted by Crippen LogP contribution is 2.53. The van der Waals surface area contributed by atoms with Gasteiger partial charge in [0.2, 0.25) is 0 Å². The van der Waals surface area contributed by atoms with Gasteiger partial charge >= 0.3 is 0 Å². The lowest BCUT2D eigenvalue weighted by molar-refractivity contribution is -0.139. The van der Waals surface area contributed by atoms with Gasteiger partial charge in [0.25, 0.3) is 0 Å². The number of fused-ring (bicyclic) bond motifs is 1. The SMILES string of the molecule is CC(C)CC1C(=O)C2(Cl)CCC=CC12. The monoisotopic (exact) mass is 212 g/mol. The van der Waals surface area contributed by atoms with Gasteiger partial charge in [-0.3, -0.25) is 4.79 Å². The third-order valence-corrected chi connectivity index (χ3v) is 4.08. The fourth-order valence-electron chi connectivity index (χ4n) is 2.73. The number of hydrogen-bond donors (Lipinski definition) is 0. The molecule has 1 fully saturated rings. The standard InChI is InChI=1S/C12H17ClO/c1-8(2)7-9-10-5-3-4-6-12(10,13)11(9)14/h3,5,8-10H,4,6-7H2,1-2H3. The summed E-state index contributed by atoms with van der Waals surface area (Å²) in [4.78, 5) is 11.4. The van der Waals surface area contributed by atoms with Gasteiger partial charge in [-0.1, -0.05) is 26.0 Å². The van der Waals surface area contributed by atoms with Gasteiger partial charge < -0.3 is 0 Å². The summed E-state index contributed by atoms with van der Waals surface area (Å²) in [5, 5.41) is 0. The first-order valence-electron chi connectivity index (χ1n) is 5.45. The van der Waals surface area contributed by atoms with E-state index in [9.17, 15) is 4.79 Å². The van der Waals surface area contributed by atoms with Crippen LogP contribution in [0, 0.1) is 17.8 Å². The van der Waals surface area contributed by atoms with Crippen LogP contribution in [-0.2, 0) is 4.79 Å². The van der Waals surface area contributed by atoms with E-state index in [-0.39, 0.29) is 5.92 Å². The average molecular weight is 213 g/mol. The van der Waals surface area contributed by atoms with Crippen LogP contribution in [0.2, 0.25) is 0 Å². The van der Waals surface area contributed by atoms with Crippen molar-refractivity contribution in [1.29, 1.82) is 0 Å². The molecule has 2 aliphatic carbocycles. The van der Waals surface area contributed by atoms with E-state index in [2.05, 4.69) is 26.0 Å². The molecule has 0 radical (unpaired) electrons. The van der Waals surface area contributed by atoms with Crippen molar-refractivity contribution in [1.82, 2.24) is 0 Å². The van der Waals surface area contributed by atoms with E-state index < -0.39 is 4.87 Å². The first-order chi connectivity index (χ1) is 6.55. The molecular weight excluding hydrogens is 196 g/mol. The number of alkyl halides is 1. The van der Waals surface area contributed by atoms with E-state index in [0.29, 0.717) is 17.6 Å². The number of carbonyl (C=O) groups excluding carboxylic acids is 1. The van der Waals surface area contributed by atoms with Crippen LogP contribution >= 0.6 is 11.6 Å². The van der Waals surface area contributed by atoms with Gasteiger partial charge in [-0.05, 0) is 25.2 Å². The maximum Gasteiger partial charge on any atom is 0.158 e. The maximum absolute atomic E-state index is 11.9. The van der Waals surface area contributed by atoms with Gasteiger partial charge in [0.15, 0.2) is 5.78 Å². The number of halogens is 1. The predicted molar refractivity (Wildman–Crippen MR) is 58.4 cm³/mol. The van der Waals surface area contributed by atoms with Gasteiger partial charge in [-0.2, -0.15) is 0 Å². The molecule has 3 atom stereocenters. The Morgan fingerprint density at radius 1 is 1.64 bits per heavy atom. The third-order valence-electron chi connectivity index (χ3n) is 3.45. The summed E-state index contributed by atoms with van der Waals surface area (Å²) in [6, 6.07) is 0. The van der Waals surface area contributed by atoms with E-state index in [4.69, 9.17) is 11.6 Å². The Kier molecular flexibility index (Phi) is 2.46. The van der Waals surface area contributed by atoms with Crippen molar-refractivity contribution in [3.05, 3.63) is 12.2 Å². The molecule has 0 bridgehead atoms. The molecule has 2 rings (SSSR count). The molecule has 0 spiro atoms. The van der Waals surface area contributed by atoms with E-state index in [1.165, 1.54) is 0 Å². The largest absolute Gasteiger partial charge is 0.297 e. The molecule has 1 saturated carbocycles. The number of rotatable bonds is 2. The van der Waals surface area contributed by atoms with Crippen LogP contribution in [0.5, 0.6) is 0 Å². The van der Waals surface area contributed by atoms with E-state index in [1.54, 1.807) is 0 Å². The Balaban J connectivity index is 2.13. The van der Waals surface area contributed by atoms with Crippen molar-refractivity contribution < 1.29 is 4.79 Å². The Morgan fingerprint density at radius 3 is 3.00 bits per heavy atom. The van der Waals surface area contributed by atoms with Crippen molar-refractivity contribution >= 4 is 17.4 Å².